The van der Waals surface area contributed by atoms with E-state index in [1.165, 1.54) is 10.6 Å². The Morgan fingerprint density at radius 2 is 2.00 bits per heavy atom. The smallest absolute Gasteiger partial charge is 0.250 e. The fraction of sp³-hybridized carbons (Fsp3) is 0.529. The van der Waals surface area contributed by atoms with Crippen LogP contribution in [0.4, 0.5) is 0 Å². The molecule has 1 fully saturated rings. The van der Waals surface area contributed by atoms with Crippen molar-refractivity contribution in [1.82, 2.24) is 24.2 Å². The molecule has 24 heavy (non-hydrogen) atoms. The predicted octanol–water partition coefficient (Wildman–Crippen LogP) is 0.792. The van der Waals surface area contributed by atoms with E-state index in [0.717, 1.165) is 43.9 Å². The van der Waals surface area contributed by atoms with Crippen molar-refractivity contribution in [2.24, 2.45) is 0 Å². The van der Waals surface area contributed by atoms with Crippen molar-refractivity contribution >= 4 is 5.91 Å². The molecule has 0 N–H and O–H groups in total. The van der Waals surface area contributed by atoms with Gasteiger partial charge in [-0.25, -0.2) is 0 Å². The molecule has 4 rings (SSSR count). The normalized spacial score (nSPS) is 17.9. The first-order chi connectivity index (χ1) is 11.7. The Balaban J connectivity index is 1.38. The molecule has 7 heteroatoms. The van der Waals surface area contributed by atoms with Gasteiger partial charge in [0.25, 0.3) is 5.56 Å². The van der Waals surface area contributed by atoms with Crippen LogP contribution in [0.3, 0.4) is 0 Å². The van der Waals surface area contributed by atoms with Gasteiger partial charge in [0.15, 0.2) is 0 Å². The summed E-state index contributed by atoms with van der Waals surface area (Å²) in [4.78, 5) is 26.0. The first-order valence-corrected chi connectivity index (χ1v) is 8.57. The molecular weight excluding hydrogens is 306 g/mol. The summed E-state index contributed by atoms with van der Waals surface area (Å²) in [6, 6.07) is 4.93. The third-order valence-corrected chi connectivity index (χ3v) is 5.06. The number of hydrogen-bond acceptors (Lipinski definition) is 4. The maximum Gasteiger partial charge on any atom is 0.250 e. The maximum atomic E-state index is 12.4. The number of hydrogen-bond donors (Lipinski definition) is 0. The molecule has 0 saturated carbocycles. The van der Waals surface area contributed by atoms with Crippen LogP contribution < -0.4 is 5.56 Å². The summed E-state index contributed by atoms with van der Waals surface area (Å²) in [6.07, 6.45) is 5.66. The number of nitrogens with zero attached hydrogens (tertiary/aromatic N) is 5. The molecule has 2 aromatic rings. The second-order valence-corrected chi connectivity index (χ2v) is 6.55. The molecule has 2 aromatic heterocycles. The molecule has 0 aromatic carbocycles. The van der Waals surface area contributed by atoms with Crippen LogP contribution in [0, 0.1) is 0 Å². The molecule has 2 aliphatic heterocycles. The van der Waals surface area contributed by atoms with E-state index in [1.807, 2.05) is 4.90 Å². The fourth-order valence-corrected chi connectivity index (χ4v) is 3.70. The Kier molecular flexibility index (Phi) is 3.92. The third kappa shape index (κ3) is 2.74. The second kappa shape index (κ2) is 6.22. The Morgan fingerprint density at radius 1 is 1.17 bits per heavy atom. The number of carbonyl (C=O) groups excluding carboxylic acids is 1. The van der Waals surface area contributed by atoms with Gasteiger partial charge in [-0.05, 0) is 25.3 Å². The maximum absolute atomic E-state index is 12.4. The van der Waals surface area contributed by atoms with Crippen LogP contribution in [0.5, 0.6) is 0 Å². The molecule has 0 spiro atoms. The number of aromatic nitrogens is 4. The van der Waals surface area contributed by atoms with Gasteiger partial charge in [-0.3, -0.25) is 9.59 Å². The van der Waals surface area contributed by atoms with Crippen LogP contribution in [0.25, 0.3) is 0 Å². The van der Waals surface area contributed by atoms with Gasteiger partial charge in [0, 0.05) is 44.2 Å². The Hall–Kier alpha value is -2.44. The van der Waals surface area contributed by atoms with Gasteiger partial charge in [0.05, 0.1) is 0 Å². The standard InChI is InChI=1S/C17H21N5O2/c23-15-5-1-2-8-21(15)12-16(24)20-10-6-13(7-11-20)17-19-18-14-4-3-9-22(14)17/h1-2,5,8,13H,3-4,6-7,9-12H2. The largest absolute Gasteiger partial charge is 0.341 e. The summed E-state index contributed by atoms with van der Waals surface area (Å²) in [5.74, 6) is 2.59. The Bertz CT molecular complexity index is 801. The lowest BCUT2D eigenvalue weighted by molar-refractivity contribution is -0.133. The highest BCUT2D eigenvalue weighted by molar-refractivity contribution is 5.76. The average molecular weight is 327 g/mol. The van der Waals surface area contributed by atoms with Gasteiger partial charge in [-0.1, -0.05) is 6.07 Å². The lowest BCUT2D eigenvalue weighted by Gasteiger charge is -2.31. The lowest BCUT2D eigenvalue weighted by atomic mass is 9.96. The zero-order chi connectivity index (χ0) is 16.5. The molecule has 0 aliphatic carbocycles. The van der Waals surface area contributed by atoms with Crippen LogP contribution in [-0.4, -0.2) is 43.2 Å². The Labute approximate surface area is 139 Å². The van der Waals surface area contributed by atoms with E-state index in [9.17, 15) is 9.59 Å². The minimum atomic E-state index is -0.139. The third-order valence-electron chi connectivity index (χ3n) is 5.06. The average Bonchev–Trinajstić information content (AvgIpc) is 3.20. The molecule has 0 radical (unpaired) electrons. The zero-order valence-corrected chi connectivity index (χ0v) is 13.6. The first kappa shape index (κ1) is 15.1. The lowest BCUT2D eigenvalue weighted by Crippen LogP contribution is -2.41. The topological polar surface area (TPSA) is 73.0 Å². The molecule has 0 bridgehead atoms. The highest BCUT2D eigenvalue weighted by Gasteiger charge is 2.29. The van der Waals surface area contributed by atoms with E-state index >= 15 is 0 Å². The second-order valence-electron chi connectivity index (χ2n) is 6.55. The van der Waals surface area contributed by atoms with Gasteiger partial charge in [0.2, 0.25) is 5.91 Å². The van der Waals surface area contributed by atoms with E-state index in [2.05, 4.69) is 14.8 Å². The molecule has 7 nitrogen and oxygen atoms in total. The van der Waals surface area contributed by atoms with Crippen molar-refractivity contribution in [3.63, 3.8) is 0 Å². The molecule has 2 aliphatic rings. The zero-order valence-electron chi connectivity index (χ0n) is 13.6. The van der Waals surface area contributed by atoms with E-state index < -0.39 is 0 Å². The number of aryl methyl sites for hydroxylation is 1. The first-order valence-electron chi connectivity index (χ1n) is 8.57. The van der Waals surface area contributed by atoms with E-state index in [4.69, 9.17) is 0 Å². The van der Waals surface area contributed by atoms with Crippen molar-refractivity contribution in [3.8, 4) is 0 Å². The van der Waals surface area contributed by atoms with Crippen molar-refractivity contribution < 1.29 is 4.79 Å². The minimum Gasteiger partial charge on any atom is -0.341 e. The highest BCUT2D eigenvalue weighted by Crippen LogP contribution is 2.29. The summed E-state index contributed by atoms with van der Waals surface area (Å²) in [7, 11) is 0. The number of carbonyl (C=O) groups is 1. The van der Waals surface area contributed by atoms with Crippen LogP contribution in [0.2, 0.25) is 0 Å². The number of pyridine rings is 1. The molecule has 4 heterocycles. The van der Waals surface area contributed by atoms with Gasteiger partial charge >= 0.3 is 0 Å². The summed E-state index contributed by atoms with van der Waals surface area (Å²) in [5, 5.41) is 8.66. The van der Waals surface area contributed by atoms with E-state index in [1.54, 1.807) is 18.3 Å². The summed E-state index contributed by atoms with van der Waals surface area (Å²) in [6.45, 7) is 2.57. The van der Waals surface area contributed by atoms with E-state index in [-0.39, 0.29) is 18.0 Å². The SMILES string of the molecule is O=C(Cn1ccccc1=O)N1CCC(c2nnc3n2CCC3)CC1. The highest BCUT2D eigenvalue weighted by atomic mass is 16.2. The molecule has 1 saturated heterocycles. The number of amides is 1. The number of rotatable bonds is 3. The van der Waals surface area contributed by atoms with E-state index in [0.29, 0.717) is 19.0 Å². The van der Waals surface area contributed by atoms with Crippen LogP contribution in [0.1, 0.15) is 36.8 Å². The fourth-order valence-electron chi connectivity index (χ4n) is 3.70. The van der Waals surface area contributed by atoms with Gasteiger partial charge in [0.1, 0.15) is 18.2 Å². The monoisotopic (exact) mass is 327 g/mol. The van der Waals surface area contributed by atoms with Crippen molar-refractivity contribution in [3.05, 3.63) is 46.4 Å². The molecule has 0 atom stereocenters. The molecule has 1 amide bonds. The Morgan fingerprint density at radius 3 is 2.79 bits per heavy atom. The summed E-state index contributed by atoms with van der Waals surface area (Å²) < 4.78 is 3.71. The summed E-state index contributed by atoms with van der Waals surface area (Å²) in [5.41, 5.74) is -0.139. The molecule has 126 valence electrons. The van der Waals surface area contributed by atoms with Gasteiger partial charge in [-0.2, -0.15) is 0 Å². The van der Waals surface area contributed by atoms with Crippen LogP contribution >= 0.6 is 0 Å². The molecule has 0 unspecified atom stereocenters. The minimum absolute atomic E-state index is 0.00761. The van der Waals surface area contributed by atoms with Gasteiger partial charge < -0.3 is 14.0 Å². The van der Waals surface area contributed by atoms with Crippen molar-refractivity contribution in [2.75, 3.05) is 13.1 Å². The number of piperidine rings is 1. The molecular formula is C17H21N5O2. The predicted molar refractivity (Wildman–Crippen MR) is 87.6 cm³/mol. The van der Waals surface area contributed by atoms with Crippen LogP contribution in [-0.2, 0) is 24.3 Å². The van der Waals surface area contributed by atoms with Crippen molar-refractivity contribution in [2.45, 2.75) is 44.7 Å². The van der Waals surface area contributed by atoms with Gasteiger partial charge in [-0.15, -0.1) is 10.2 Å². The number of fused-ring (bicyclic) bond motifs is 1. The number of likely N-dealkylation sites (tertiary alicyclic amines) is 1. The van der Waals surface area contributed by atoms with Crippen LogP contribution in [0.15, 0.2) is 29.2 Å². The summed E-state index contributed by atoms with van der Waals surface area (Å²) >= 11 is 0. The quantitative estimate of drug-likeness (QED) is 0.835. The van der Waals surface area contributed by atoms with Crippen molar-refractivity contribution in [1.29, 1.82) is 0 Å².